The standard InChI is InChI=1S/C33H32N2O7S2/c1-16-14-18(3)32(43(7,38)39)20(5)28(16)34-24-12-13-25(27-26(24)30(36)22-10-8-9-11-23(22)31(27)37)35-29-17(2)15-19(4)33(21(29)6)44(40,41)42/h8-15,34-35H,1-7H3,(H,40,41,42). The van der Waals surface area contributed by atoms with E-state index >= 15 is 0 Å². The third-order valence-corrected chi connectivity index (χ3v) is 10.5. The van der Waals surface area contributed by atoms with Gasteiger partial charge >= 0.3 is 0 Å². The highest BCUT2D eigenvalue weighted by Gasteiger charge is 2.35. The topological polar surface area (TPSA) is 147 Å². The van der Waals surface area contributed by atoms with E-state index in [4.69, 9.17) is 0 Å². The van der Waals surface area contributed by atoms with Gasteiger partial charge in [0.1, 0.15) is 4.90 Å². The van der Waals surface area contributed by atoms with Gasteiger partial charge < -0.3 is 10.6 Å². The second kappa shape index (κ2) is 10.7. The van der Waals surface area contributed by atoms with E-state index < -0.39 is 31.5 Å². The van der Waals surface area contributed by atoms with Gasteiger partial charge in [0.25, 0.3) is 10.1 Å². The summed E-state index contributed by atoms with van der Waals surface area (Å²) < 4.78 is 59.7. The molecule has 228 valence electrons. The first-order valence-corrected chi connectivity index (χ1v) is 17.0. The summed E-state index contributed by atoms with van der Waals surface area (Å²) in [5.41, 5.74) is 5.21. The molecule has 0 spiro atoms. The number of anilines is 4. The number of benzene rings is 4. The van der Waals surface area contributed by atoms with Crippen LogP contribution in [-0.2, 0) is 20.0 Å². The van der Waals surface area contributed by atoms with Crippen LogP contribution in [0, 0.1) is 41.5 Å². The van der Waals surface area contributed by atoms with Crippen molar-refractivity contribution in [2.45, 2.75) is 51.3 Å². The van der Waals surface area contributed by atoms with Gasteiger partial charge in [-0.15, -0.1) is 0 Å². The van der Waals surface area contributed by atoms with Crippen molar-refractivity contribution >= 4 is 54.3 Å². The fourth-order valence-electron chi connectivity index (χ4n) is 6.39. The lowest BCUT2D eigenvalue weighted by Gasteiger charge is -2.26. The van der Waals surface area contributed by atoms with Gasteiger partial charge in [0.15, 0.2) is 21.4 Å². The molecular formula is C33H32N2O7S2. The van der Waals surface area contributed by atoms with Crippen LogP contribution >= 0.6 is 0 Å². The first-order chi connectivity index (χ1) is 20.4. The quantitative estimate of drug-likeness (QED) is 0.180. The Balaban J connectivity index is 1.76. The summed E-state index contributed by atoms with van der Waals surface area (Å²) in [5.74, 6) is -0.809. The summed E-state index contributed by atoms with van der Waals surface area (Å²) in [7, 11) is -8.12. The number of fused-ring (bicyclic) bond motifs is 2. The van der Waals surface area contributed by atoms with Gasteiger partial charge in [0.2, 0.25) is 0 Å². The molecule has 4 aromatic carbocycles. The Bertz CT molecular complexity index is 2010. The van der Waals surface area contributed by atoms with Crippen LogP contribution in [0.4, 0.5) is 22.7 Å². The van der Waals surface area contributed by atoms with Gasteiger partial charge in [-0.25, -0.2) is 8.42 Å². The maximum absolute atomic E-state index is 14.1. The van der Waals surface area contributed by atoms with E-state index in [-0.39, 0.29) is 43.3 Å². The molecule has 0 amide bonds. The molecule has 0 aromatic heterocycles. The van der Waals surface area contributed by atoms with Crippen molar-refractivity contribution in [2.24, 2.45) is 0 Å². The van der Waals surface area contributed by atoms with E-state index in [1.54, 1.807) is 83.1 Å². The van der Waals surface area contributed by atoms with Crippen LogP contribution in [-0.4, -0.2) is 39.2 Å². The second-order valence-electron chi connectivity index (χ2n) is 11.3. The van der Waals surface area contributed by atoms with Gasteiger partial charge in [-0.2, -0.15) is 8.42 Å². The average molecular weight is 633 g/mol. The maximum Gasteiger partial charge on any atom is 0.295 e. The predicted molar refractivity (Wildman–Crippen MR) is 171 cm³/mol. The molecule has 11 heteroatoms. The molecule has 0 unspecified atom stereocenters. The zero-order valence-electron chi connectivity index (χ0n) is 25.3. The van der Waals surface area contributed by atoms with Crippen LogP contribution in [0.3, 0.4) is 0 Å². The molecule has 9 nitrogen and oxygen atoms in total. The Hall–Kier alpha value is -4.32. The lowest BCUT2D eigenvalue weighted by Crippen LogP contribution is -2.24. The Morgan fingerprint density at radius 2 is 0.977 bits per heavy atom. The van der Waals surface area contributed by atoms with E-state index in [1.165, 1.54) is 0 Å². The molecule has 5 rings (SSSR count). The monoisotopic (exact) mass is 632 g/mol. The van der Waals surface area contributed by atoms with Gasteiger partial charge in [-0.1, -0.05) is 36.4 Å². The van der Waals surface area contributed by atoms with Crippen LogP contribution in [0.5, 0.6) is 0 Å². The molecule has 0 bridgehead atoms. The molecule has 1 aliphatic rings. The summed E-state index contributed by atoms with van der Waals surface area (Å²) in [4.78, 5) is 28.1. The van der Waals surface area contributed by atoms with Gasteiger partial charge in [0, 0.05) is 28.8 Å². The summed E-state index contributed by atoms with van der Waals surface area (Å²) in [6.07, 6.45) is 1.14. The molecule has 0 aliphatic heterocycles. The van der Waals surface area contributed by atoms with E-state index in [1.807, 2.05) is 6.92 Å². The second-order valence-corrected chi connectivity index (χ2v) is 14.6. The Labute approximate surface area is 257 Å². The van der Waals surface area contributed by atoms with E-state index in [0.29, 0.717) is 39.3 Å². The van der Waals surface area contributed by atoms with E-state index in [9.17, 15) is 31.0 Å². The lowest BCUT2D eigenvalue weighted by molar-refractivity contribution is 0.0980. The van der Waals surface area contributed by atoms with Crippen molar-refractivity contribution in [1.29, 1.82) is 0 Å². The lowest BCUT2D eigenvalue weighted by atomic mass is 9.82. The summed E-state index contributed by atoms with van der Waals surface area (Å²) in [6, 6.07) is 13.1. The Morgan fingerprint density at radius 3 is 1.36 bits per heavy atom. The Kier molecular flexibility index (Phi) is 7.56. The van der Waals surface area contributed by atoms with Crippen LogP contribution in [0.15, 0.2) is 58.3 Å². The minimum atomic E-state index is -4.55. The number of carbonyl (C=O) groups is 2. The van der Waals surface area contributed by atoms with E-state index in [0.717, 1.165) is 11.8 Å². The molecule has 0 saturated heterocycles. The number of hydrogen-bond donors (Lipinski definition) is 3. The largest absolute Gasteiger partial charge is 0.354 e. The van der Waals surface area contributed by atoms with Crippen molar-refractivity contribution < 1.29 is 31.0 Å². The third-order valence-electron chi connectivity index (χ3n) is 8.03. The third kappa shape index (κ3) is 5.10. The Morgan fingerprint density at radius 1 is 0.591 bits per heavy atom. The number of rotatable bonds is 6. The van der Waals surface area contributed by atoms with Gasteiger partial charge in [-0.05, 0) is 87.1 Å². The van der Waals surface area contributed by atoms with Crippen molar-refractivity contribution in [3.63, 3.8) is 0 Å². The van der Waals surface area contributed by atoms with Crippen LogP contribution in [0.25, 0.3) is 0 Å². The van der Waals surface area contributed by atoms with Crippen molar-refractivity contribution in [1.82, 2.24) is 0 Å². The molecule has 0 radical (unpaired) electrons. The summed E-state index contributed by atoms with van der Waals surface area (Å²) in [6.45, 7) is 10.2. The highest BCUT2D eigenvalue weighted by atomic mass is 32.2. The number of nitrogens with one attached hydrogen (secondary N) is 2. The molecule has 0 atom stereocenters. The fourth-order valence-corrected chi connectivity index (χ4v) is 8.64. The predicted octanol–water partition coefficient (Wildman–Crippen LogP) is 6.45. The minimum absolute atomic E-state index is 0.0808. The SMILES string of the molecule is Cc1cc(C)c(S(C)(=O)=O)c(C)c1Nc1ccc(Nc2c(C)cc(C)c(S(=O)(=O)O)c2C)c2c1C(=O)c1ccccc1C2=O. The molecular weight excluding hydrogens is 601 g/mol. The highest BCUT2D eigenvalue weighted by molar-refractivity contribution is 7.90. The first-order valence-electron chi connectivity index (χ1n) is 13.7. The molecule has 1 aliphatic carbocycles. The fraction of sp³-hybridized carbons (Fsp3) is 0.212. The molecule has 0 heterocycles. The average Bonchev–Trinajstić information content (AvgIpc) is 2.90. The number of ketones is 2. The van der Waals surface area contributed by atoms with Crippen LogP contribution in [0.1, 0.15) is 65.2 Å². The van der Waals surface area contributed by atoms with Crippen LogP contribution in [0.2, 0.25) is 0 Å². The minimum Gasteiger partial charge on any atom is -0.354 e. The zero-order chi connectivity index (χ0) is 32.5. The van der Waals surface area contributed by atoms with Crippen molar-refractivity contribution in [3.05, 3.63) is 104 Å². The van der Waals surface area contributed by atoms with E-state index in [2.05, 4.69) is 10.6 Å². The summed E-state index contributed by atoms with van der Waals surface area (Å²) >= 11 is 0. The van der Waals surface area contributed by atoms with Crippen molar-refractivity contribution in [2.75, 3.05) is 16.9 Å². The normalized spacial score (nSPS) is 13.0. The van der Waals surface area contributed by atoms with Crippen molar-refractivity contribution in [3.8, 4) is 0 Å². The first kappa shape index (κ1) is 31.1. The zero-order valence-corrected chi connectivity index (χ0v) is 27.0. The summed E-state index contributed by atoms with van der Waals surface area (Å²) in [5, 5.41) is 6.45. The molecule has 44 heavy (non-hydrogen) atoms. The molecule has 3 N–H and O–H groups in total. The highest BCUT2D eigenvalue weighted by Crippen LogP contribution is 2.42. The molecule has 4 aromatic rings. The number of aryl methyl sites for hydroxylation is 4. The molecule has 0 saturated carbocycles. The van der Waals surface area contributed by atoms with Gasteiger partial charge in [-0.3, -0.25) is 14.1 Å². The maximum atomic E-state index is 14.1. The smallest absolute Gasteiger partial charge is 0.295 e. The molecule has 0 fully saturated rings. The van der Waals surface area contributed by atoms with Crippen LogP contribution < -0.4 is 10.6 Å². The number of sulfone groups is 1. The number of hydrogen-bond acceptors (Lipinski definition) is 8. The van der Waals surface area contributed by atoms with Gasteiger partial charge in [0.05, 0.1) is 27.4 Å². The number of carbonyl (C=O) groups excluding carboxylic acids is 2.